The van der Waals surface area contributed by atoms with Crippen LogP contribution in [0.1, 0.15) is 23.0 Å². The molecule has 4 aromatic rings. The number of H-pyrrole nitrogens is 1. The molecule has 0 amide bonds. The van der Waals surface area contributed by atoms with E-state index in [1.807, 2.05) is 25.1 Å². The summed E-state index contributed by atoms with van der Waals surface area (Å²) in [6.45, 7) is 5.79. The van der Waals surface area contributed by atoms with Crippen molar-refractivity contribution in [1.82, 2.24) is 30.1 Å². The molecule has 182 valence electrons. The molecule has 9 nitrogen and oxygen atoms in total. The number of rotatable bonds is 7. The fourth-order valence-electron chi connectivity index (χ4n) is 4.68. The van der Waals surface area contributed by atoms with Crippen molar-refractivity contribution in [2.45, 2.75) is 19.5 Å². The predicted molar refractivity (Wildman–Crippen MR) is 131 cm³/mol. The molecule has 1 saturated heterocycles. The van der Waals surface area contributed by atoms with E-state index in [0.29, 0.717) is 37.6 Å². The van der Waals surface area contributed by atoms with E-state index >= 15 is 0 Å². The number of pyridine rings is 1. The highest BCUT2D eigenvalue weighted by Gasteiger charge is 2.32. The Morgan fingerprint density at radius 3 is 2.60 bits per heavy atom. The second kappa shape index (κ2) is 9.93. The number of aryl methyl sites for hydroxylation is 1. The maximum atomic E-state index is 13.4. The third-order valence-electron chi connectivity index (χ3n) is 6.51. The van der Waals surface area contributed by atoms with Crippen LogP contribution in [-0.2, 0) is 11.3 Å². The largest absolute Gasteiger partial charge is 0.383 e. The second-order valence-electron chi connectivity index (χ2n) is 8.80. The first-order chi connectivity index (χ1) is 17.0. The van der Waals surface area contributed by atoms with Crippen molar-refractivity contribution in [1.29, 1.82) is 0 Å². The molecule has 0 bridgehead atoms. The number of tetrazole rings is 1. The maximum Gasteiger partial charge on any atom is 0.253 e. The lowest BCUT2D eigenvalue weighted by Crippen LogP contribution is -2.49. The molecule has 0 saturated carbocycles. The summed E-state index contributed by atoms with van der Waals surface area (Å²) >= 11 is 0. The smallest absolute Gasteiger partial charge is 0.253 e. The molecule has 2 aromatic carbocycles. The van der Waals surface area contributed by atoms with Gasteiger partial charge in [-0.3, -0.25) is 9.69 Å². The molecule has 1 fully saturated rings. The van der Waals surface area contributed by atoms with Gasteiger partial charge in [0.25, 0.3) is 5.56 Å². The lowest BCUT2D eigenvalue weighted by atomic mass is 10.0. The molecule has 1 unspecified atom stereocenters. The van der Waals surface area contributed by atoms with Crippen LogP contribution in [0.3, 0.4) is 0 Å². The molecule has 35 heavy (non-hydrogen) atoms. The van der Waals surface area contributed by atoms with E-state index in [0.717, 1.165) is 35.2 Å². The molecule has 1 atom stereocenters. The van der Waals surface area contributed by atoms with E-state index in [-0.39, 0.29) is 11.4 Å². The van der Waals surface area contributed by atoms with E-state index in [1.54, 1.807) is 23.9 Å². The van der Waals surface area contributed by atoms with E-state index < -0.39 is 6.04 Å². The highest BCUT2D eigenvalue weighted by molar-refractivity contribution is 5.79. The molecule has 3 heterocycles. The summed E-state index contributed by atoms with van der Waals surface area (Å²) in [6, 6.07) is 14.0. The number of methoxy groups -OCH3 is 1. The van der Waals surface area contributed by atoms with Gasteiger partial charge in [0.2, 0.25) is 0 Å². The highest BCUT2D eigenvalue weighted by atomic mass is 19.1. The number of nitrogens with zero attached hydrogens (tertiary/aromatic N) is 6. The number of anilines is 1. The van der Waals surface area contributed by atoms with Gasteiger partial charge >= 0.3 is 0 Å². The monoisotopic (exact) mass is 477 g/mol. The Bertz CT molecular complexity index is 1360. The predicted octanol–water partition coefficient (Wildman–Crippen LogP) is 2.52. The van der Waals surface area contributed by atoms with Crippen LogP contribution in [0.25, 0.3) is 10.9 Å². The van der Waals surface area contributed by atoms with Crippen LogP contribution >= 0.6 is 0 Å². The number of aromatic amines is 1. The zero-order valence-electron chi connectivity index (χ0n) is 19.8. The molecule has 0 spiro atoms. The fraction of sp³-hybridized carbons (Fsp3) is 0.360. The summed E-state index contributed by atoms with van der Waals surface area (Å²) in [7, 11) is 1.63. The highest BCUT2D eigenvalue weighted by Crippen LogP contribution is 2.29. The minimum Gasteiger partial charge on any atom is -0.383 e. The average Bonchev–Trinajstić information content (AvgIpc) is 3.32. The van der Waals surface area contributed by atoms with Crippen molar-refractivity contribution >= 4 is 16.6 Å². The van der Waals surface area contributed by atoms with E-state index in [9.17, 15) is 9.18 Å². The second-order valence-corrected chi connectivity index (χ2v) is 8.80. The van der Waals surface area contributed by atoms with Gasteiger partial charge in [-0.15, -0.1) is 5.10 Å². The van der Waals surface area contributed by atoms with Crippen LogP contribution in [-0.4, -0.2) is 70.0 Å². The standard InChI is InChI=1S/C25H28FN7O2/c1-17-3-8-22-18(15-17)16-21(25(34)27-22)23(24-28-29-30-33(24)13-14-35-2)32-11-9-31(10-12-32)20-6-4-19(26)5-7-20/h3-8,15-16,23H,9-14H2,1-2H3,(H,27,34). The minimum absolute atomic E-state index is 0.159. The Kier molecular flexibility index (Phi) is 6.56. The van der Waals surface area contributed by atoms with Crippen LogP contribution < -0.4 is 10.5 Å². The van der Waals surface area contributed by atoms with Crippen LogP contribution in [0.15, 0.2) is 53.3 Å². The normalized spacial score (nSPS) is 15.6. The topological polar surface area (TPSA) is 92.2 Å². The van der Waals surface area contributed by atoms with Crippen molar-refractivity contribution in [3.63, 3.8) is 0 Å². The Labute approximate surface area is 202 Å². The molecular weight excluding hydrogens is 449 g/mol. The quantitative estimate of drug-likeness (QED) is 0.437. The first kappa shape index (κ1) is 23.1. The van der Waals surface area contributed by atoms with Gasteiger partial charge in [-0.1, -0.05) is 11.6 Å². The molecule has 1 N–H and O–H groups in total. The van der Waals surface area contributed by atoms with Gasteiger partial charge in [-0.05, 0) is 65.2 Å². The SMILES string of the molecule is COCCn1nnnc1C(c1cc2cc(C)ccc2[nH]c1=O)N1CCN(c2ccc(F)cc2)CC1. The molecular formula is C25H28FN7O2. The molecule has 5 rings (SSSR count). The lowest BCUT2D eigenvalue weighted by Gasteiger charge is -2.39. The summed E-state index contributed by atoms with van der Waals surface area (Å²) in [4.78, 5) is 20.8. The first-order valence-electron chi connectivity index (χ1n) is 11.7. The third kappa shape index (κ3) is 4.80. The van der Waals surface area contributed by atoms with Crippen LogP contribution in [0.5, 0.6) is 0 Å². The Balaban J connectivity index is 1.51. The first-order valence-corrected chi connectivity index (χ1v) is 11.7. The molecule has 2 aromatic heterocycles. The molecule has 10 heteroatoms. The van der Waals surface area contributed by atoms with Crippen molar-refractivity contribution < 1.29 is 9.13 Å². The summed E-state index contributed by atoms with van der Waals surface area (Å²) in [5.74, 6) is 0.357. The van der Waals surface area contributed by atoms with Gasteiger partial charge in [-0.25, -0.2) is 9.07 Å². The van der Waals surface area contributed by atoms with Gasteiger partial charge in [0.15, 0.2) is 5.82 Å². The Morgan fingerprint density at radius 2 is 1.86 bits per heavy atom. The van der Waals surface area contributed by atoms with Crippen molar-refractivity contribution in [2.75, 3.05) is 44.8 Å². The Hall–Kier alpha value is -3.63. The number of ether oxygens (including phenoxy) is 1. The number of benzene rings is 2. The molecule has 0 aliphatic carbocycles. The van der Waals surface area contributed by atoms with Gasteiger partial charge < -0.3 is 14.6 Å². The van der Waals surface area contributed by atoms with Crippen LogP contribution in [0.2, 0.25) is 0 Å². The number of fused-ring (bicyclic) bond motifs is 1. The minimum atomic E-state index is -0.425. The zero-order chi connectivity index (χ0) is 24.4. The third-order valence-corrected chi connectivity index (χ3v) is 6.51. The van der Waals surface area contributed by atoms with E-state index in [1.165, 1.54) is 12.1 Å². The Morgan fingerprint density at radius 1 is 1.09 bits per heavy atom. The van der Waals surface area contributed by atoms with Crippen molar-refractivity contribution in [2.24, 2.45) is 0 Å². The van der Waals surface area contributed by atoms with E-state index in [4.69, 9.17) is 4.74 Å². The maximum absolute atomic E-state index is 13.4. The van der Waals surface area contributed by atoms with Crippen molar-refractivity contribution in [3.8, 4) is 0 Å². The number of piperazine rings is 1. The molecule has 1 aliphatic heterocycles. The molecule has 0 radical (unpaired) electrons. The number of hydrogen-bond acceptors (Lipinski definition) is 7. The van der Waals surface area contributed by atoms with Crippen LogP contribution in [0, 0.1) is 12.7 Å². The van der Waals surface area contributed by atoms with Gasteiger partial charge in [0.1, 0.15) is 11.9 Å². The fourth-order valence-corrected chi connectivity index (χ4v) is 4.68. The summed E-state index contributed by atoms with van der Waals surface area (Å²) < 4.78 is 20.3. The number of halogens is 1. The van der Waals surface area contributed by atoms with Gasteiger partial charge in [-0.2, -0.15) is 0 Å². The van der Waals surface area contributed by atoms with Gasteiger partial charge in [0.05, 0.1) is 13.2 Å². The number of hydrogen-bond donors (Lipinski definition) is 1. The van der Waals surface area contributed by atoms with E-state index in [2.05, 4.69) is 36.4 Å². The zero-order valence-corrected chi connectivity index (χ0v) is 19.8. The summed E-state index contributed by atoms with van der Waals surface area (Å²) in [6.07, 6.45) is 0. The van der Waals surface area contributed by atoms with Crippen molar-refractivity contribution in [3.05, 3.63) is 81.7 Å². The summed E-state index contributed by atoms with van der Waals surface area (Å²) in [5, 5.41) is 13.4. The summed E-state index contributed by atoms with van der Waals surface area (Å²) in [5.41, 5.74) is 3.33. The van der Waals surface area contributed by atoms with Gasteiger partial charge in [0, 0.05) is 50.1 Å². The molecule has 1 aliphatic rings. The van der Waals surface area contributed by atoms with Crippen LogP contribution in [0.4, 0.5) is 10.1 Å². The average molecular weight is 478 g/mol. The number of nitrogens with one attached hydrogen (secondary N) is 1. The number of aromatic nitrogens is 5. The lowest BCUT2D eigenvalue weighted by molar-refractivity contribution is 0.171.